The van der Waals surface area contributed by atoms with Gasteiger partial charge in [-0.25, -0.2) is 0 Å². The number of amides is 1. The minimum Gasteiger partial charge on any atom is -0.507 e. The van der Waals surface area contributed by atoms with Crippen LogP contribution in [0.1, 0.15) is 33.3 Å². The normalized spacial score (nSPS) is 16.6. The second kappa shape index (κ2) is 10.5. The lowest BCUT2D eigenvalue weighted by Crippen LogP contribution is -2.29. The third-order valence-electron chi connectivity index (χ3n) is 6.36. The van der Waals surface area contributed by atoms with Crippen LogP contribution in [0.4, 0.5) is 5.13 Å². The summed E-state index contributed by atoms with van der Waals surface area (Å²) < 4.78 is 11.3. The average Bonchev–Trinajstić information content (AvgIpc) is 3.48. The van der Waals surface area contributed by atoms with Crippen LogP contribution >= 0.6 is 11.3 Å². The van der Waals surface area contributed by atoms with Crippen molar-refractivity contribution in [3.8, 4) is 11.5 Å². The molecule has 1 unspecified atom stereocenters. The highest BCUT2D eigenvalue weighted by Crippen LogP contribution is 2.43. The van der Waals surface area contributed by atoms with Gasteiger partial charge in [0, 0.05) is 5.56 Å². The molecule has 1 aliphatic heterocycles. The van der Waals surface area contributed by atoms with E-state index in [-0.39, 0.29) is 16.5 Å². The molecule has 2 heterocycles. The Morgan fingerprint density at radius 1 is 0.974 bits per heavy atom. The van der Waals surface area contributed by atoms with Crippen LogP contribution in [-0.4, -0.2) is 34.1 Å². The van der Waals surface area contributed by atoms with Gasteiger partial charge in [0.1, 0.15) is 28.9 Å². The molecule has 1 aliphatic rings. The van der Waals surface area contributed by atoms with Crippen molar-refractivity contribution in [2.45, 2.75) is 26.5 Å². The molecule has 8 nitrogen and oxygen atoms in total. The van der Waals surface area contributed by atoms with Crippen molar-refractivity contribution in [2.24, 2.45) is 0 Å². The lowest BCUT2D eigenvalue weighted by Gasteiger charge is -2.23. The van der Waals surface area contributed by atoms with Gasteiger partial charge in [-0.15, -0.1) is 10.2 Å². The van der Waals surface area contributed by atoms with Gasteiger partial charge in [0.05, 0.1) is 18.7 Å². The molecular weight excluding hydrogens is 502 g/mol. The van der Waals surface area contributed by atoms with Gasteiger partial charge in [-0.05, 0) is 66.9 Å². The van der Waals surface area contributed by atoms with Crippen LogP contribution in [0.2, 0.25) is 0 Å². The van der Waals surface area contributed by atoms with E-state index in [0.717, 1.165) is 11.1 Å². The number of carbonyl (C=O) groups is 2. The number of benzene rings is 3. The number of aliphatic hydroxyl groups is 1. The van der Waals surface area contributed by atoms with Crippen LogP contribution in [0.15, 0.2) is 78.4 Å². The lowest BCUT2D eigenvalue weighted by atomic mass is 9.95. The van der Waals surface area contributed by atoms with Crippen molar-refractivity contribution in [3.05, 3.63) is 106 Å². The second-order valence-electron chi connectivity index (χ2n) is 8.79. The van der Waals surface area contributed by atoms with Gasteiger partial charge in [0.2, 0.25) is 5.13 Å². The summed E-state index contributed by atoms with van der Waals surface area (Å²) in [5.41, 5.74) is 3.15. The first kappa shape index (κ1) is 25.2. The highest BCUT2D eigenvalue weighted by atomic mass is 32.1. The van der Waals surface area contributed by atoms with Gasteiger partial charge in [-0.3, -0.25) is 14.5 Å². The van der Waals surface area contributed by atoms with Gasteiger partial charge in [0.15, 0.2) is 0 Å². The first-order valence-corrected chi connectivity index (χ1v) is 12.7. The first-order valence-electron chi connectivity index (χ1n) is 11.9. The predicted molar refractivity (Wildman–Crippen MR) is 144 cm³/mol. The fourth-order valence-electron chi connectivity index (χ4n) is 4.34. The van der Waals surface area contributed by atoms with Gasteiger partial charge < -0.3 is 14.6 Å². The van der Waals surface area contributed by atoms with Gasteiger partial charge in [-0.1, -0.05) is 47.7 Å². The highest BCUT2D eigenvalue weighted by molar-refractivity contribution is 7.15. The first-order chi connectivity index (χ1) is 18.4. The summed E-state index contributed by atoms with van der Waals surface area (Å²) in [6.07, 6.45) is 0. The van der Waals surface area contributed by atoms with Crippen molar-refractivity contribution in [1.29, 1.82) is 0 Å². The molecule has 1 fully saturated rings. The molecule has 5 rings (SSSR count). The highest BCUT2D eigenvalue weighted by Gasteiger charge is 2.48. The fourth-order valence-corrected chi connectivity index (χ4v) is 5.05. The number of hydrogen-bond donors (Lipinski definition) is 1. The maximum absolute atomic E-state index is 13.3. The summed E-state index contributed by atoms with van der Waals surface area (Å²) >= 11 is 1.19. The minimum atomic E-state index is -0.908. The van der Waals surface area contributed by atoms with Crippen molar-refractivity contribution in [2.75, 3.05) is 12.0 Å². The molecule has 38 heavy (non-hydrogen) atoms. The van der Waals surface area contributed by atoms with E-state index >= 15 is 0 Å². The molecule has 0 radical (unpaired) electrons. The summed E-state index contributed by atoms with van der Waals surface area (Å²) in [4.78, 5) is 27.8. The van der Waals surface area contributed by atoms with E-state index in [0.29, 0.717) is 34.2 Å². The maximum atomic E-state index is 13.3. The Balaban J connectivity index is 1.52. The average molecular weight is 528 g/mol. The number of nitrogens with zero attached hydrogens (tertiary/aromatic N) is 3. The van der Waals surface area contributed by atoms with Crippen molar-refractivity contribution >= 4 is 33.9 Å². The topological polar surface area (TPSA) is 102 Å². The second-order valence-corrected chi connectivity index (χ2v) is 9.95. The molecule has 9 heteroatoms. The van der Waals surface area contributed by atoms with Crippen LogP contribution in [0.3, 0.4) is 0 Å². The number of carbonyl (C=O) groups excluding carboxylic acids is 2. The number of aryl methyl sites for hydroxylation is 2. The molecule has 1 aromatic heterocycles. The maximum Gasteiger partial charge on any atom is 0.301 e. The number of hydrogen-bond acceptors (Lipinski definition) is 8. The number of aliphatic hydroxyl groups excluding tert-OH is 1. The van der Waals surface area contributed by atoms with Crippen molar-refractivity contribution in [3.63, 3.8) is 0 Å². The molecule has 0 spiro atoms. The Bertz CT molecular complexity index is 1540. The fraction of sp³-hybridized carbons (Fsp3) is 0.172. The number of ether oxygens (including phenoxy) is 2. The van der Waals surface area contributed by atoms with Crippen LogP contribution in [0.5, 0.6) is 11.5 Å². The molecule has 1 saturated heterocycles. The molecule has 192 valence electrons. The zero-order valence-corrected chi connectivity index (χ0v) is 21.9. The molecule has 1 N–H and O–H groups in total. The van der Waals surface area contributed by atoms with Gasteiger partial charge in [0.25, 0.3) is 5.78 Å². The Morgan fingerprint density at radius 3 is 2.42 bits per heavy atom. The van der Waals surface area contributed by atoms with Crippen molar-refractivity contribution < 1.29 is 24.2 Å². The van der Waals surface area contributed by atoms with E-state index in [9.17, 15) is 14.7 Å². The Labute approximate surface area is 223 Å². The zero-order chi connectivity index (χ0) is 26.8. The molecule has 0 bridgehead atoms. The molecule has 3 aromatic carbocycles. The third-order valence-corrected chi connectivity index (χ3v) is 7.20. The van der Waals surface area contributed by atoms with Crippen LogP contribution in [0.25, 0.3) is 5.76 Å². The standard InChI is InChI=1S/C29H25N3O5S/c1-17-7-4-5-8-21(17)16-37-22-13-11-19(12-14-22)26(33)24-25(20-9-6-10-23(15-20)36-3)32(28(35)27(24)34)29-31-30-18(2)38-29/h4-15,25,33H,16H2,1-3H3. The molecule has 1 atom stereocenters. The Hall–Kier alpha value is -4.50. The number of methoxy groups -OCH3 is 1. The van der Waals surface area contributed by atoms with Crippen LogP contribution in [-0.2, 0) is 16.2 Å². The smallest absolute Gasteiger partial charge is 0.301 e. The summed E-state index contributed by atoms with van der Waals surface area (Å²) in [6.45, 7) is 4.19. The van der Waals surface area contributed by atoms with Gasteiger partial charge in [-0.2, -0.15) is 0 Å². The largest absolute Gasteiger partial charge is 0.507 e. The predicted octanol–water partition coefficient (Wildman–Crippen LogP) is 5.37. The number of Topliss-reactive ketones (excluding diaryl/α,β-unsaturated/α-hetero) is 1. The summed E-state index contributed by atoms with van der Waals surface area (Å²) in [5, 5.41) is 20.4. The van der Waals surface area contributed by atoms with E-state index < -0.39 is 17.7 Å². The minimum absolute atomic E-state index is 0.0373. The molecular formula is C29H25N3O5S. The summed E-state index contributed by atoms with van der Waals surface area (Å²) in [6, 6.07) is 20.9. The van der Waals surface area contributed by atoms with E-state index in [2.05, 4.69) is 10.2 Å². The molecule has 4 aromatic rings. The van der Waals surface area contributed by atoms with Crippen LogP contribution < -0.4 is 14.4 Å². The molecule has 0 aliphatic carbocycles. The third kappa shape index (κ3) is 4.76. The van der Waals surface area contributed by atoms with E-state index in [1.807, 2.05) is 31.2 Å². The number of rotatable bonds is 7. The van der Waals surface area contributed by atoms with Gasteiger partial charge >= 0.3 is 5.91 Å². The zero-order valence-electron chi connectivity index (χ0n) is 21.0. The quantitative estimate of drug-likeness (QED) is 0.196. The SMILES string of the molecule is COc1cccc(C2C(=C(O)c3ccc(OCc4ccccc4C)cc3)C(=O)C(=O)N2c2nnc(C)s2)c1. The number of anilines is 1. The van der Waals surface area contributed by atoms with Crippen LogP contribution in [0, 0.1) is 13.8 Å². The van der Waals surface area contributed by atoms with Crippen molar-refractivity contribution in [1.82, 2.24) is 10.2 Å². The van der Waals surface area contributed by atoms with E-state index in [1.165, 1.54) is 23.3 Å². The Kier molecular flexibility index (Phi) is 6.93. The Morgan fingerprint density at radius 2 is 1.74 bits per heavy atom. The lowest BCUT2D eigenvalue weighted by molar-refractivity contribution is -0.132. The van der Waals surface area contributed by atoms with E-state index in [4.69, 9.17) is 9.47 Å². The number of aromatic nitrogens is 2. The number of ketones is 1. The summed E-state index contributed by atoms with van der Waals surface area (Å²) in [7, 11) is 1.53. The molecule has 1 amide bonds. The summed E-state index contributed by atoms with van der Waals surface area (Å²) in [5.74, 6) is -0.710. The van der Waals surface area contributed by atoms with E-state index in [1.54, 1.807) is 55.5 Å². The monoisotopic (exact) mass is 527 g/mol. The molecule has 0 saturated carbocycles.